The van der Waals surface area contributed by atoms with E-state index in [1.807, 2.05) is 103 Å². The van der Waals surface area contributed by atoms with Crippen LogP contribution < -0.4 is 10.1 Å². The van der Waals surface area contributed by atoms with Crippen LogP contribution in [0.3, 0.4) is 0 Å². The lowest BCUT2D eigenvalue weighted by atomic mass is 9.97. The van der Waals surface area contributed by atoms with Crippen molar-refractivity contribution in [3.05, 3.63) is 109 Å². The maximum atomic E-state index is 13.2. The van der Waals surface area contributed by atoms with Gasteiger partial charge in [0.1, 0.15) is 5.75 Å². The van der Waals surface area contributed by atoms with E-state index in [-0.39, 0.29) is 17.7 Å². The SMILES string of the molecule is CCN(CC)C(=O)[C@H]1CCCN(C(=S)Oc2ccc(C(=O)Nc3ccc4nc(-c5ccccc5)c(-c5ccccc5)nc4c3)cc2)C1. The van der Waals surface area contributed by atoms with Gasteiger partial charge in [0, 0.05) is 48.6 Å². The Kier molecular flexibility index (Phi) is 9.83. The number of thiocarbonyl (C=S) groups is 1. The van der Waals surface area contributed by atoms with Crippen LogP contribution in [0.2, 0.25) is 0 Å². The number of likely N-dealkylation sites (tertiary alicyclic amines) is 1. The van der Waals surface area contributed by atoms with Gasteiger partial charge in [-0.2, -0.15) is 0 Å². The van der Waals surface area contributed by atoms with Gasteiger partial charge in [-0.15, -0.1) is 0 Å². The second-order valence-electron chi connectivity index (χ2n) is 11.5. The van der Waals surface area contributed by atoms with Crippen molar-refractivity contribution in [1.82, 2.24) is 19.8 Å². The number of hydrogen-bond donors (Lipinski definition) is 1. The summed E-state index contributed by atoms with van der Waals surface area (Å²) in [7, 11) is 0. The summed E-state index contributed by atoms with van der Waals surface area (Å²) in [6, 6.07) is 32.4. The molecule has 2 amide bonds. The summed E-state index contributed by atoms with van der Waals surface area (Å²) < 4.78 is 5.97. The van der Waals surface area contributed by atoms with Gasteiger partial charge in [0.05, 0.1) is 28.3 Å². The topological polar surface area (TPSA) is 87.7 Å². The molecule has 1 aliphatic rings. The standard InChI is InChI=1S/C38H37N5O3S/c1-3-42(4-2)37(45)29-16-11-23-43(25-29)38(47)46-31-20-17-28(18-21-31)36(44)39-30-19-22-32-33(24-30)41-35(27-14-9-6-10-15-27)34(40-32)26-12-7-5-8-13-26/h5-10,12-15,17-22,24,29H,3-4,11,16,23,25H2,1-2H3,(H,39,44)/t29-/m0/s1. The monoisotopic (exact) mass is 643 g/mol. The van der Waals surface area contributed by atoms with E-state index in [0.29, 0.717) is 47.3 Å². The summed E-state index contributed by atoms with van der Waals surface area (Å²) in [4.78, 5) is 39.9. The highest BCUT2D eigenvalue weighted by atomic mass is 32.1. The number of nitrogens with zero attached hydrogens (tertiary/aromatic N) is 4. The van der Waals surface area contributed by atoms with E-state index in [1.165, 1.54) is 0 Å². The van der Waals surface area contributed by atoms with Gasteiger partial charge in [-0.05, 0) is 81.4 Å². The number of amides is 2. The molecule has 8 nitrogen and oxygen atoms in total. The van der Waals surface area contributed by atoms with E-state index in [1.54, 1.807) is 24.3 Å². The molecule has 1 aliphatic heterocycles. The molecule has 2 heterocycles. The summed E-state index contributed by atoms with van der Waals surface area (Å²) >= 11 is 5.59. The zero-order valence-electron chi connectivity index (χ0n) is 26.6. The molecule has 1 fully saturated rings. The number of carbonyl (C=O) groups is 2. The molecule has 5 aromatic rings. The van der Waals surface area contributed by atoms with Crippen LogP contribution in [0.1, 0.15) is 37.0 Å². The van der Waals surface area contributed by atoms with Crippen molar-refractivity contribution in [2.24, 2.45) is 5.92 Å². The lowest BCUT2D eigenvalue weighted by Crippen LogP contribution is -2.47. The third kappa shape index (κ3) is 7.31. The fourth-order valence-corrected chi connectivity index (χ4v) is 6.17. The van der Waals surface area contributed by atoms with Crippen molar-refractivity contribution in [3.8, 4) is 28.3 Å². The first-order valence-corrected chi connectivity index (χ1v) is 16.4. The minimum absolute atomic E-state index is 0.0896. The quantitative estimate of drug-likeness (QED) is 0.176. The third-order valence-corrected chi connectivity index (χ3v) is 8.78. The Morgan fingerprint density at radius 3 is 2.09 bits per heavy atom. The fraction of sp³-hybridized carbons (Fsp3) is 0.237. The van der Waals surface area contributed by atoms with Gasteiger partial charge in [0.15, 0.2) is 0 Å². The predicted molar refractivity (Wildman–Crippen MR) is 190 cm³/mol. The number of fused-ring (bicyclic) bond motifs is 1. The zero-order chi connectivity index (χ0) is 32.8. The summed E-state index contributed by atoms with van der Waals surface area (Å²) in [5, 5.41) is 3.32. The second-order valence-corrected chi connectivity index (χ2v) is 11.8. The van der Waals surface area contributed by atoms with Crippen molar-refractivity contribution >= 4 is 45.9 Å². The number of rotatable bonds is 8. The first kappa shape index (κ1) is 31.8. The van der Waals surface area contributed by atoms with Crippen molar-refractivity contribution in [3.63, 3.8) is 0 Å². The molecule has 1 atom stereocenters. The van der Waals surface area contributed by atoms with Crippen molar-refractivity contribution in [2.75, 3.05) is 31.5 Å². The first-order chi connectivity index (χ1) is 22.9. The molecule has 47 heavy (non-hydrogen) atoms. The predicted octanol–water partition coefficient (Wildman–Crippen LogP) is 7.46. The molecule has 0 unspecified atom stereocenters. The smallest absolute Gasteiger partial charge is 0.264 e. The molecular formula is C38H37N5O3S. The van der Waals surface area contributed by atoms with Gasteiger partial charge in [-0.1, -0.05) is 60.7 Å². The van der Waals surface area contributed by atoms with Crippen LogP contribution in [-0.2, 0) is 4.79 Å². The maximum Gasteiger partial charge on any atom is 0.264 e. The van der Waals surface area contributed by atoms with E-state index in [9.17, 15) is 9.59 Å². The van der Waals surface area contributed by atoms with Gasteiger partial charge >= 0.3 is 0 Å². The number of ether oxygens (including phenoxy) is 1. The van der Waals surface area contributed by atoms with Gasteiger partial charge in [0.2, 0.25) is 5.91 Å². The Labute approximate surface area is 280 Å². The van der Waals surface area contributed by atoms with Gasteiger partial charge in [-0.25, -0.2) is 9.97 Å². The molecule has 0 aliphatic carbocycles. The molecule has 1 aromatic heterocycles. The summed E-state index contributed by atoms with van der Waals surface area (Å²) in [5.74, 6) is 0.356. The third-order valence-electron chi connectivity index (χ3n) is 8.44. The first-order valence-electron chi connectivity index (χ1n) is 16.0. The summed E-state index contributed by atoms with van der Waals surface area (Å²) in [6.45, 7) is 6.69. The van der Waals surface area contributed by atoms with Crippen LogP contribution in [0.25, 0.3) is 33.5 Å². The van der Waals surface area contributed by atoms with Crippen LogP contribution >= 0.6 is 12.2 Å². The maximum absolute atomic E-state index is 13.2. The molecule has 6 rings (SSSR count). The average molecular weight is 644 g/mol. The summed E-state index contributed by atoms with van der Waals surface area (Å²) in [5.41, 5.74) is 6.02. The molecule has 9 heteroatoms. The fourth-order valence-electron chi connectivity index (χ4n) is 5.91. The Balaban J connectivity index is 1.14. The zero-order valence-corrected chi connectivity index (χ0v) is 27.4. The van der Waals surface area contributed by atoms with Crippen LogP contribution in [0, 0.1) is 5.92 Å². The molecule has 0 radical (unpaired) electrons. The van der Waals surface area contributed by atoms with Crippen molar-refractivity contribution in [2.45, 2.75) is 26.7 Å². The minimum atomic E-state index is -0.260. The number of benzene rings is 4. The number of hydrogen-bond acceptors (Lipinski definition) is 6. The second kappa shape index (κ2) is 14.5. The van der Waals surface area contributed by atoms with Crippen molar-refractivity contribution in [1.29, 1.82) is 0 Å². The van der Waals surface area contributed by atoms with E-state index >= 15 is 0 Å². The van der Waals surface area contributed by atoms with Gasteiger partial charge in [0.25, 0.3) is 11.1 Å². The van der Waals surface area contributed by atoms with E-state index < -0.39 is 0 Å². The molecule has 0 spiro atoms. The van der Waals surface area contributed by atoms with E-state index in [4.69, 9.17) is 26.9 Å². The number of aromatic nitrogens is 2. The Bertz CT molecular complexity index is 1880. The minimum Gasteiger partial charge on any atom is -0.432 e. The number of nitrogens with one attached hydrogen (secondary N) is 1. The normalized spacial score (nSPS) is 14.4. The highest BCUT2D eigenvalue weighted by Crippen LogP contribution is 2.31. The van der Waals surface area contributed by atoms with E-state index in [0.717, 1.165) is 47.4 Å². The molecule has 0 bridgehead atoms. The van der Waals surface area contributed by atoms with Crippen LogP contribution in [0.4, 0.5) is 5.69 Å². The highest BCUT2D eigenvalue weighted by Gasteiger charge is 2.30. The van der Waals surface area contributed by atoms with Crippen LogP contribution in [0.15, 0.2) is 103 Å². The lowest BCUT2D eigenvalue weighted by Gasteiger charge is -2.35. The van der Waals surface area contributed by atoms with Crippen LogP contribution in [0.5, 0.6) is 5.75 Å². The largest absolute Gasteiger partial charge is 0.432 e. The molecule has 0 saturated carbocycles. The number of piperidine rings is 1. The average Bonchev–Trinajstić information content (AvgIpc) is 3.12. The Morgan fingerprint density at radius 2 is 1.47 bits per heavy atom. The summed E-state index contributed by atoms with van der Waals surface area (Å²) in [6.07, 6.45) is 1.73. The van der Waals surface area contributed by atoms with Gasteiger partial charge in [-0.3, -0.25) is 9.59 Å². The Hall–Kier alpha value is -5.15. The lowest BCUT2D eigenvalue weighted by molar-refractivity contribution is -0.136. The molecular weight excluding hydrogens is 607 g/mol. The van der Waals surface area contributed by atoms with Gasteiger partial charge < -0.3 is 19.9 Å². The van der Waals surface area contributed by atoms with E-state index in [2.05, 4.69) is 5.32 Å². The molecule has 1 N–H and O–H groups in total. The van der Waals surface area contributed by atoms with Crippen molar-refractivity contribution < 1.29 is 14.3 Å². The Morgan fingerprint density at radius 1 is 0.851 bits per heavy atom. The molecule has 1 saturated heterocycles. The van der Waals surface area contributed by atoms with Crippen LogP contribution in [-0.4, -0.2) is 62.9 Å². The molecule has 4 aromatic carbocycles. The number of anilines is 1. The number of carbonyl (C=O) groups excluding carboxylic acids is 2. The molecule has 238 valence electrons. The highest BCUT2D eigenvalue weighted by molar-refractivity contribution is 7.80.